The Kier molecular flexibility index (Phi) is 5.91. The number of nitrogens with one attached hydrogen (secondary N) is 1. The molecule has 1 amide bonds. The molecule has 1 fully saturated rings. The molecule has 2 aromatic rings. The first-order chi connectivity index (χ1) is 12.9. The summed E-state index contributed by atoms with van der Waals surface area (Å²) in [5, 5.41) is 12.4. The number of aryl methyl sites for hydroxylation is 2. The number of amides is 1. The molecule has 0 bridgehead atoms. The minimum atomic E-state index is -0.867. The van der Waals surface area contributed by atoms with Crippen LogP contribution in [0.2, 0.25) is 0 Å². The molecule has 7 heteroatoms. The molecule has 0 saturated carbocycles. The van der Waals surface area contributed by atoms with Gasteiger partial charge in [0.15, 0.2) is 0 Å². The van der Waals surface area contributed by atoms with E-state index < -0.39 is 11.9 Å². The smallest absolute Gasteiger partial charge is 0.307 e. The molecule has 0 aliphatic carbocycles. The lowest BCUT2D eigenvalue weighted by Gasteiger charge is -2.35. The van der Waals surface area contributed by atoms with Gasteiger partial charge >= 0.3 is 5.97 Å². The highest BCUT2D eigenvalue weighted by atomic mass is 16.4. The van der Waals surface area contributed by atoms with Gasteiger partial charge in [0, 0.05) is 19.3 Å². The summed E-state index contributed by atoms with van der Waals surface area (Å²) in [6.45, 7) is 5.65. The number of rotatable bonds is 6. The van der Waals surface area contributed by atoms with Gasteiger partial charge in [-0.05, 0) is 44.0 Å². The molecule has 144 valence electrons. The third-order valence-corrected chi connectivity index (χ3v) is 5.01. The molecule has 3 heterocycles. The van der Waals surface area contributed by atoms with E-state index in [0.717, 1.165) is 22.8 Å². The van der Waals surface area contributed by atoms with Crippen LogP contribution in [0.25, 0.3) is 0 Å². The fourth-order valence-corrected chi connectivity index (χ4v) is 3.46. The van der Waals surface area contributed by atoms with Gasteiger partial charge in [-0.2, -0.15) is 0 Å². The van der Waals surface area contributed by atoms with Crippen LogP contribution in [0.3, 0.4) is 0 Å². The summed E-state index contributed by atoms with van der Waals surface area (Å²) in [5.41, 5.74) is 1.84. The molecule has 2 aromatic heterocycles. The Morgan fingerprint density at radius 2 is 2.07 bits per heavy atom. The second kappa shape index (κ2) is 8.35. The fourth-order valence-electron chi connectivity index (χ4n) is 3.46. The van der Waals surface area contributed by atoms with E-state index in [1.54, 1.807) is 6.20 Å². The maximum Gasteiger partial charge on any atom is 0.307 e. The maximum atomic E-state index is 12.6. The zero-order chi connectivity index (χ0) is 19.4. The van der Waals surface area contributed by atoms with Crippen molar-refractivity contribution >= 4 is 11.9 Å². The first kappa shape index (κ1) is 19.1. The van der Waals surface area contributed by atoms with Gasteiger partial charge in [0.25, 0.3) is 0 Å². The predicted molar refractivity (Wildman–Crippen MR) is 98.8 cm³/mol. The van der Waals surface area contributed by atoms with Gasteiger partial charge in [0.1, 0.15) is 11.5 Å². The number of aromatic nitrogens is 1. The summed E-state index contributed by atoms with van der Waals surface area (Å²) in [4.78, 5) is 30.4. The van der Waals surface area contributed by atoms with E-state index in [-0.39, 0.29) is 11.8 Å². The Morgan fingerprint density at radius 1 is 1.30 bits per heavy atom. The van der Waals surface area contributed by atoms with Crippen LogP contribution < -0.4 is 5.32 Å². The zero-order valence-electron chi connectivity index (χ0n) is 15.6. The highest BCUT2D eigenvalue weighted by Crippen LogP contribution is 2.25. The number of carboxylic acid groups (broad SMARTS) is 1. The van der Waals surface area contributed by atoms with E-state index >= 15 is 0 Å². The van der Waals surface area contributed by atoms with Gasteiger partial charge in [-0.25, -0.2) is 0 Å². The molecule has 0 aromatic carbocycles. The standard InChI is InChI=1S/C20H25N3O4/c1-13-7-18(27-14(13)2)12-23-10-15(8-16(11-23)20(25)26)19(24)22-9-17-5-3-4-6-21-17/h3-7,15-16H,8-12H2,1-2H3,(H,22,24)(H,25,26)/t15-,16+/m1/s1. The molecule has 0 unspecified atom stereocenters. The molecule has 1 aliphatic rings. The minimum Gasteiger partial charge on any atom is -0.481 e. The largest absolute Gasteiger partial charge is 0.481 e. The van der Waals surface area contributed by atoms with Crippen molar-refractivity contribution in [3.05, 3.63) is 53.2 Å². The summed E-state index contributed by atoms with van der Waals surface area (Å²) < 4.78 is 5.72. The van der Waals surface area contributed by atoms with Crippen LogP contribution in [0.1, 0.15) is 29.2 Å². The van der Waals surface area contributed by atoms with Crippen molar-refractivity contribution in [3.8, 4) is 0 Å². The average Bonchev–Trinajstić information content (AvgIpc) is 2.97. The van der Waals surface area contributed by atoms with Gasteiger partial charge < -0.3 is 14.8 Å². The monoisotopic (exact) mass is 371 g/mol. The van der Waals surface area contributed by atoms with Gasteiger partial charge in [-0.15, -0.1) is 0 Å². The number of piperidine rings is 1. The van der Waals surface area contributed by atoms with Crippen molar-refractivity contribution in [2.75, 3.05) is 13.1 Å². The van der Waals surface area contributed by atoms with Crippen LogP contribution in [-0.4, -0.2) is 40.0 Å². The predicted octanol–water partition coefficient (Wildman–Crippen LogP) is 2.13. The third-order valence-electron chi connectivity index (χ3n) is 5.01. The number of hydrogen-bond donors (Lipinski definition) is 2. The summed E-state index contributed by atoms with van der Waals surface area (Å²) in [7, 11) is 0. The Balaban J connectivity index is 1.64. The first-order valence-corrected chi connectivity index (χ1v) is 9.11. The molecular weight excluding hydrogens is 346 g/mol. The minimum absolute atomic E-state index is 0.136. The van der Waals surface area contributed by atoms with E-state index in [0.29, 0.717) is 32.6 Å². The molecule has 2 atom stereocenters. The Bertz CT molecular complexity index is 783. The van der Waals surface area contributed by atoms with E-state index in [4.69, 9.17) is 4.42 Å². The molecule has 0 radical (unpaired) electrons. The van der Waals surface area contributed by atoms with Crippen molar-refractivity contribution in [1.29, 1.82) is 0 Å². The van der Waals surface area contributed by atoms with Gasteiger partial charge in [0.2, 0.25) is 5.91 Å². The number of pyridine rings is 1. The number of carboxylic acids is 1. The molecule has 1 saturated heterocycles. The SMILES string of the molecule is Cc1cc(CN2C[C@@H](C(=O)O)C[C@@H](C(=O)NCc3ccccn3)C2)oc1C. The topological polar surface area (TPSA) is 95.7 Å². The summed E-state index contributed by atoms with van der Waals surface area (Å²) in [6.07, 6.45) is 2.02. The van der Waals surface area contributed by atoms with E-state index in [2.05, 4.69) is 10.3 Å². The molecule has 3 rings (SSSR count). The Labute approximate surface area is 158 Å². The van der Waals surface area contributed by atoms with Gasteiger partial charge in [0.05, 0.1) is 30.6 Å². The molecule has 0 spiro atoms. The van der Waals surface area contributed by atoms with Gasteiger partial charge in [-0.3, -0.25) is 19.5 Å². The molecule has 7 nitrogen and oxygen atoms in total. The zero-order valence-corrected chi connectivity index (χ0v) is 15.6. The molecule has 2 N–H and O–H groups in total. The lowest BCUT2D eigenvalue weighted by atomic mass is 9.88. The highest BCUT2D eigenvalue weighted by molar-refractivity contribution is 5.80. The van der Waals surface area contributed by atoms with Crippen LogP contribution in [0.4, 0.5) is 0 Å². The Morgan fingerprint density at radius 3 is 2.70 bits per heavy atom. The van der Waals surface area contributed by atoms with Crippen molar-refractivity contribution < 1.29 is 19.1 Å². The van der Waals surface area contributed by atoms with Crippen LogP contribution in [0, 0.1) is 25.7 Å². The number of carbonyl (C=O) groups is 2. The number of aliphatic carboxylic acids is 1. The van der Waals surface area contributed by atoms with E-state index in [1.807, 2.05) is 43.0 Å². The summed E-state index contributed by atoms with van der Waals surface area (Å²) in [6, 6.07) is 7.50. The fraction of sp³-hybridized carbons (Fsp3) is 0.450. The lowest BCUT2D eigenvalue weighted by molar-refractivity contribution is -0.145. The number of nitrogens with zero attached hydrogens (tertiary/aromatic N) is 2. The number of carbonyl (C=O) groups excluding carboxylic acids is 1. The second-order valence-electron chi connectivity index (χ2n) is 7.15. The number of likely N-dealkylation sites (tertiary alicyclic amines) is 1. The van der Waals surface area contributed by atoms with Crippen molar-refractivity contribution in [1.82, 2.24) is 15.2 Å². The van der Waals surface area contributed by atoms with Crippen LogP contribution in [0.5, 0.6) is 0 Å². The van der Waals surface area contributed by atoms with Crippen molar-refractivity contribution in [3.63, 3.8) is 0 Å². The third kappa shape index (κ3) is 4.95. The average molecular weight is 371 g/mol. The van der Waals surface area contributed by atoms with Crippen LogP contribution in [-0.2, 0) is 22.7 Å². The molecule has 1 aliphatic heterocycles. The maximum absolute atomic E-state index is 12.6. The quantitative estimate of drug-likeness (QED) is 0.808. The molecular formula is C20H25N3O4. The van der Waals surface area contributed by atoms with Crippen LogP contribution in [0.15, 0.2) is 34.9 Å². The number of furan rings is 1. The summed E-state index contributed by atoms with van der Waals surface area (Å²) >= 11 is 0. The number of hydrogen-bond acceptors (Lipinski definition) is 5. The van der Waals surface area contributed by atoms with E-state index in [1.165, 1.54) is 0 Å². The summed E-state index contributed by atoms with van der Waals surface area (Å²) in [5.74, 6) is -0.287. The van der Waals surface area contributed by atoms with Crippen LogP contribution >= 0.6 is 0 Å². The second-order valence-corrected chi connectivity index (χ2v) is 7.15. The van der Waals surface area contributed by atoms with Crippen molar-refractivity contribution in [2.45, 2.75) is 33.4 Å². The molecule has 27 heavy (non-hydrogen) atoms. The lowest BCUT2D eigenvalue weighted by Crippen LogP contribution is -2.47. The first-order valence-electron chi connectivity index (χ1n) is 9.11. The highest BCUT2D eigenvalue weighted by Gasteiger charge is 2.35. The Hall–Kier alpha value is -2.67. The van der Waals surface area contributed by atoms with Gasteiger partial charge in [-0.1, -0.05) is 6.07 Å². The van der Waals surface area contributed by atoms with E-state index in [9.17, 15) is 14.7 Å². The van der Waals surface area contributed by atoms with Crippen molar-refractivity contribution in [2.24, 2.45) is 11.8 Å². The normalized spacial score (nSPS) is 20.4.